The quantitative estimate of drug-likeness (QED) is 0.800. The van der Waals surface area contributed by atoms with E-state index in [1.807, 2.05) is 17.0 Å². The predicted molar refractivity (Wildman–Crippen MR) is 77.4 cm³/mol. The highest BCUT2D eigenvalue weighted by Gasteiger charge is 2.36. The lowest BCUT2D eigenvalue weighted by atomic mass is 10.1. The number of carbonyl (C=O) groups is 2. The molecule has 0 radical (unpaired) electrons. The van der Waals surface area contributed by atoms with Crippen molar-refractivity contribution in [1.82, 2.24) is 4.90 Å². The second-order valence-corrected chi connectivity index (χ2v) is 6.33. The van der Waals surface area contributed by atoms with Gasteiger partial charge < -0.3 is 9.64 Å². The molecule has 2 fully saturated rings. The molecule has 4 nitrogen and oxygen atoms in total. The highest BCUT2D eigenvalue weighted by atomic mass is 32.2. The van der Waals surface area contributed by atoms with Gasteiger partial charge in [-0.05, 0) is 36.5 Å². The van der Waals surface area contributed by atoms with Crippen LogP contribution in [0.2, 0.25) is 0 Å². The lowest BCUT2D eigenvalue weighted by Gasteiger charge is -2.24. The van der Waals surface area contributed by atoms with Crippen molar-refractivity contribution in [2.75, 3.05) is 19.4 Å². The molecular formula is C15H17NO3S. The maximum absolute atomic E-state index is 12.0. The summed E-state index contributed by atoms with van der Waals surface area (Å²) in [5.74, 6) is 1.14. The van der Waals surface area contributed by atoms with E-state index >= 15 is 0 Å². The summed E-state index contributed by atoms with van der Waals surface area (Å²) >= 11 is 1.66. The van der Waals surface area contributed by atoms with Crippen molar-refractivity contribution in [3.05, 3.63) is 35.4 Å². The van der Waals surface area contributed by atoms with Gasteiger partial charge >= 0.3 is 5.97 Å². The van der Waals surface area contributed by atoms with Crippen molar-refractivity contribution < 1.29 is 14.3 Å². The van der Waals surface area contributed by atoms with E-state index in [-0.39, 0.29) is 17.3 Å². The summed E-state index contributed by atoms with van der Waals surface area (Å²) < 4.78 is 4.69. The molecule has 1 aliphatic heterocycles. The molecular weight excluding hydrogens is 274 g/mol. The largest absolute Gasteiger partial charge is 0.465 e. The van der Waals surface area contributed by atoms with Gasteiger partial charge in [-0.25, -0.2) is 4.79 Å². The predicted octanol–water partition coefficient (Wildman–Crippen LogP) is 2.46. The molecule has 1 heterocycles. The van der Waals surface area contributed by atoms with Gasteiger partial charge in [-0.15, -0.1) is 11.8 Å². The third-order valence-corrected chi connectivity index (χ3v) is 4.99. The van der Waals surface area contributed by atoms with Crippen LogP contribution in [0.3, 0.4) is 0 Å². The van der Waals surface area contributed by atoms with Crippen molar-refractivity contribution in [3.8, 4) is 0 Å². The summed E-state index contributed by atoms with van der Waals surface area (Å²) in [6, 6.07) is 7.37. The van der Waals surface area contributed by atoms with Crippen molar-refractivity contribution in [1.29, 1.82) is 0 Å². The topological polar surface area (TPSA) is 46.6 Å². The average molecular weight is 291 g/mol. The highest BCUT2D eigenvalue weighted by molar-refractivity contribution is 8.00. The number of nitrogens with zero attached hydrogens (tertiary/aromatic N) is 1. The fourth-order valence-corrected chi connectivity index (χ4v) is 3.61. The van der Waals surface area contributed by atoms with E-state index in [1.54, 1.807) is 23.9 Å². The number of hydrogen-bond acceptors (Lipinski definition) is 4. The number of methoxy groups -OCH3 is 1. The first-order valence-electron chi connectivity index (χ1n) is 6.78. The van der Waals surface area contributed by atoms with Crippen LogP contribution in [0.15, 0.2) is 24.3 Å². The van der Waals surface area contributed by atoms with Crippen molar-refractivity contribution in [2.24, 2.45) is 5.92 Å². The number of rotatable bonds is 4. The van der Waals surface area contributed by atoms with Crippen LogP contribution >= 0.6 is 11.8 Å². The molecule has 1 amide bonds. The van der Waals surface area contributed by atoms with Gasteiger partial charge in [0.2, 0.25) is 5.91 Å². The van der Waals surface area contributed by atoms with Crippen LogP contribution in [0.4, 0.5) is 0 Å². The summed E-state index contributed by atoms with van der Waals surface area (Å²) in [5.41, 5.74) is 1.62. The molecule has 0 spiro atoms. The Kier molecular flexibility index (Phi) is 3.70. The molecule has 5 heteroatoms. The van der Waals surface area contributed by atoms with Gasteiger partial charge in [0, 0.05) is 6.54 Å². The van der Waals surface area contributed by atoms with E-state index in [2.05, 4.69) is 0 Å². The molecule has 0 bridgehead atoms. The standard InChI is InChI=1S/C15H17NO3S/c1-19-15(18)12-6-4-11(5-7-12)14-16(8-10-2-3-10)13(17)9-20-14/h4-7,10,14H,2-3,8-9H2,1H3. The van der Waals surface area contributed by atoms with Gasteiger partial charge in [0.15, 0.2) is 0 Å². The maximum Gasteiger partial charge on any atom is 0.337 e. The van der Waals surface area contributed by atoms with Gasteiger partial charge in [0.25, 0.3) is 0 Å². The minimum absolute atomic E-state index is 0.0924. The lowest BCUT2D eigenvalue weighted by Crippen LogP contribution is -2.30. The Morgan fingerprint density at radius 1 is 1.35 bits per heavy atom. The van der Waals surface area contributed by atoms with Gasteiger partial charge in [-0.1, -0.05) is 12.1 Å². The molecule has 1 aromatic rings. The molecule has 1 aromatic carbocycles. The zero-order valence-electron chi connectivity index (χ0n) is 11.4. The Morgan fingerprint density at radius 2 is 2.05 bits per heavy atom. The van der Waals surface area contributed by atoms with Crippen LogP contribution in [-0.2, 0) is 9.53 Å². The molecule has 1 saturated heterocycles. The zero-order chi connectivity index (χ0) is 14.1. The van der Waals surface area contributed by atoms with Gasteiger partial charge in [-0.3, -0.25) is 4.79 Å². The van der Waals surface area contributed by atoms with Crippen LogP contribution in [-0.4, -0.2) is 36.2 Å². The van der Waals surface area contributed by atoms with E-state index in [1.165, 1.54) is 20.0 Å². The number of hydrogen-bond donors (Lipinski definition) is 0. The van der Waals surface area contributed by atoms with Crippen molar-refractivity contribution in [3.63, 3.8) is 0 Å². The van der Waals surface area contributed by atoms with E-state index in [4.69, 9.17) is 4.74 Å². The Bertz CT molecular complexity index is 524. The zero-order valence-corrected chi connectivity index (χ0v) is 12.2. The molecule has 106 valence electrons. The first-order chi connectivity index (χ1) is 9.69. The SMILES string of the molecule is COC(=O)c1ccc(C2SCC(=O)N2CC2CC2)cc1. The molecule has 1 aliphatic carbocycles. The molecule has 2 aliphatic rings. The van der Waals surface area contributed by atoms with Gasteiger partial charge in [0.05, 0.1) is 18.4 Å². The molecule has 1 atom stereocenters. The second kappa shape index (κ2) is 5.48. The monoisotopic (exact) mass is 291 g/mol. The molecule has 1 unspecified atom stereocenters. The highest BCUT2D eigenvalue weighted by Crippen LogP contribution is 2.41. The average Bonchev–Trinajstić information content (AvgIpc) is 3.23. The third kappa shape index (κ3) is 2.68. The molecule has 20 heavy (non-hydrogen) atoms. The summed E-state index contributed by atoms with van der Waals surface area (Å²) in [7, 11) is 1.37. The van der Waals surface area contributed by atoms with Crippen molar-refractivity contribution >= 4 is 23.6 Å². The van der Waals surface area contributed by atoms with Crippen LogP contribution in [0.5, 0.6) is 0 Å². The second-order valence-electron chi connectivity index (χ2n) is 5.27. The smallest absolute Gasteiger partial charge is 0.337 e. The maximum atomic E-state index is 12.0. The number of esters is 1. The number of ether oxygens (including phenoxy) is 1. The molecule has 3 rings (SSSR count). The van der Waals surface area contributed by atoms with Crippen LogP contribution in [0, 0.1) is 5.92 Å². The molecule has 0 N–H and O–H groups in total. The first-order valence-corrected chi connectivity index (χ1v) is 7.83. The Labute approximate surface area is 122 Å². The minimum atomic E-state index is -0.332. The number of amides is 1. The minimum Gasteiger partial charge on any atom is -0.465 e. The molecule has 1 saturated carbocycles. The number of benzene rings is 1. The van der Waals surface area contributed by atoms with E-state index < -0.39 is 0 Å². The summed E-state index contributed by atoms with van der Waals surface area (Å²) in [5, 5.41) is 0.0924. The first kappa shape index (κ1) is 13.5. The summed E-state index contributed by atoms with van der Waals surface area (Å²) in [6.45, 7) is 0.870. The fraction of sp³-hybridized carbons (Fsp3) is 0.467. The lowest BCUT2D eigenvalue weighted by molar-refractivity contribution is -0.128. The van der Waals surface area contributed by atoms with Crippen LogP contribution < -0.4 is 0 Å². The van der Waals surface area contributed by atoms with Crippen molar-refractivity contribution in [2.45, 2.75) is 18.2 Å². The van der Waals surface area contributed by atoms with E-state index in [0.29, 0.717) is 17.2 Å². The number of carbonyl (C=O) groups excluding carboxylic acids is 2. The van der Waals surface area contributed by atoms with Crippen LogP contribution in [0.1, 0.15) is 34.1 Å². The summed E-state index contributed by atoms with van der Waals surface area (Å²) in [4.78, 5) is 25.4. The third-order valence-electron chi connectivity index (χ3n) is 3.74. The molecule has 0 aromatic heterocycles. The van der Waals surface area contributed by atoms with E-state index in [9.17, 15) is 9.59 Å². The number of thioether (sulfide) groups is 1. The van der Waals surface area contributed by atoms with Gasteiger partial charge in [0.1, 0.15) is 5.37 Å². The van der Waals surface area contributed by atoms with Gasteiger partial charge in [-0.2, -0.15) is 0 Å². The fourth-order valence-electron chi connectivity index (χ4n) is 2.41. The Balaban J connectivity index is 1.76. The van der Waals surface area contributed by atoms with Crippen LogP contribution in [0.25, 0.3) is 0 Å². The Hall–Kier alpha value is -1.49. The van der Waals surface area contributed by atoms with E-state index in [0.717, 1.165) is 12.1 Å². The Morgan fingerprint density at radius 3 is 2.65 bits per heavy atom. The normalized spacial score (nSPS) is 22.1. The summed E-state index contributed by atoms with van der Waals surface area (Å²) in [6.07, 6.45) is 2.48.